The van der Waals surface area contributed by atoms with Gasteiger partial charge in [-0.2, -0.15) is 0 Å². The van der Waals surface area contributed by atoms with E-state index < -0.39 is 11.9 Å². The molecule has 0 aliphatic rings. The number of hydrogen-bond acceptors (Lipinski definition) is 1. The van der Waals surface area contributed by atoms with Crippen LogP contribution in [-0.4, -0.2) is 11.1 Å². The summed E-state index contributed by atoms with van der Waals surface area (Å²) in [4.78, 5) is 11.6. The monoisotopic (exact) mass is 268 g/mol. The van der Waals surface area contributed by atoms with E-state index in [1.807, 2.05) is 54.6 Å². The van der Waals surface area contributed by atoms with Crippen LogP contribution in [0.2, 0.25) is 0 Å². The Hall–Kier alpha value is -2.09. The van der Waals surface area contributed by atoms with Crippen molar-refractivity contribution in [2.24, 2.45) is 5.92 Å². The van der Waals surface area contributed by atoms with Gasteiger partial charge in [0.05, 0.1) is 0 Å². The number of rotatable bonds is 5. The van der Waals surface area contributed by atoms with E-state index >= 15 is 0 Å². The van der Waals surface area contributed by atoms with Gasteiger partial charge in [-0.1, -0.05) is 68.4 Å². The Kier molecular flexibility index (Phi) is 4.57. The molecule has 2 rings (SSSR count). The van der Waals surface area contributed by atoms with Crippen molar-refractivity contribution in [2.45, 2.75) is 26.2 Å². The van der Waals surface area contributed by atoms with Crippen molar-refractivity contribution >= 4 is 5.97 Å². The summed E-state index contributed by atoms with van der Waals surface area (Å²) in [6.45, 7) is 4.36. The van der Waals surface area contributed by atoms with E-state index in [9.17, 15) is 9.90 Å². The lowest BCUT2D eigenvalue weighted by Crippen LogP contribution is -2.13. The molecule has 0 saturated heterocycles. The average molecular weight is 268 g/mol. The van der Waals surface area contributed by atoms with Crippen LogP contribution in [0.25, 0.3) is 0 Å². The molecular weight excluding hydrogens is 248 g/mol. The van der Waals surface area contributed by atoms with Crippen LogP contribution in [-0.2, 0) is 11.2 Å². The molecular formula is C18H20O2. The molecule has 0 aliphatic carbocycles. The maximum atomic E-state index is 11.6. The summed E-state index contributed by atoms with van der Waals surface area (Å²) in [6, 6.07) is 17.3. The molecule has 0 spiro atoms. The molecule has 0 amide bonds. The average Bonchev–Trinajstić information content (AvgIpc) is 2.41. The second kappa shape index (κ2) is 6.38. The molecule has 0 radical (unpaired) electrons. The fourth-order valence-corrected chi connectivity index (χ4v) is 2.44. The second-order valence-electron chi connectivity index (χ2n) is 5.52. The standard InChI is InChI=1S/C18H20O2/c1-13(2)12-14-8-10-16(11-9-14)17(18(19)20)15-6-4-3-5-7-15/h3-11,13,17H,12H2,1-2H3,(H,19,20). The van der Waals surface area contributed by atoms with Crippen LogP contribution >= 0.6 is 0 Å². The Morgan fingerprint density at radius 2 is 1.50 bits per heavy atom. The third kappa shape index (κ3) is 3.47. The molecule has 0 bridgehead atoms. The van der Waals surface area contributed by atoms with Crippen molar-refractivity contribution in [1.82, 2.24) is 0 Å². The number of aliphatic carboxylic acids is 1. The zero-order valence-corrected chi connectivity index (χ0v) is 11.9. The van der Waals surface area contributed by atoms with Gasteiger partial charge < -0.3 is 5.11 Å². The minimum atomic E-state index is -0.812. The molecule has 1 atom stereocenters. The fraction of sp³-hybridized carbons (Fsp3) is 0.278. The van der Waals surface area contributed by atoms with E-state index in [0.29, 0.717) is 5.92 Å². The zero-order valence-electron chi connectivity index (χ0n) is 11.9. The number of benzene rings is 2. The van der Waals surface area contributed by atoms with E-state index in [1.54, 1.807) is 0 Å². The lowest BCUT2D eigenvalue weighted by molar-refractivity contribution is -0.137. The molecule has 2 aromatic carbocycles. The highest BCUT2D eigenvalue weighted by Gasteiger charge is 2.21. The van der Waals surface area contributed by atoms with E-state index in [-0.39, 0.29) is 0 Å². The highest BCUT2D eigenvalue weighted by atomic mass is 16.4. The van der Waals surface area contributed by atoms with Gasteiger partial charge in [-0.15, -0.1) is 0 Å². The Balaban J connectivity index is 2.29. The predicted molar refractivity (Wildman–Crippen MR) is 80.9 cm³/mol. The van der Waals surface area contributed by atoms with Crippen molar-refractivity contribution in [3.63, 3.8) is 0 Å². The highest BCUT2D eigenvalue weighted by Crippen LogP contribution is 2.25. The first kappa shape index (κ1) is 14.3. The van der Waals surface area contributed by atoms with E-state index in [0.717, 1.165) is 17.5 Å². The number of carbonyl (C=O) groups is 1. The third-order valence-electron chi connectivity index (χ3n) is 3.34. The molecule has 1 unspecified atom stereocenters. The lowest BCUT2D eigenvalue weighted by atomic mass is 9.90. The van der Waals surface area contributed by atoms with E-state index in [1.165, 1.54) is 5.56 Å². The maximum absolute atomic E-state index is 11.6. The molecule has 2 heteroatoms. The van der Waals surface area contributed by atoms with Crippen LogP contribution in [0.5, 0.6) is 0 Å². The molecule has 1 N–H and O–H groups in total. The van der Waals surface area contributed by atoms with Crippen LogP contribution < -0.4 is 0 Å². The smallest absolute Gasteiger partial charge is 0.315 e. The second-order valence-corrected chi connectivity index (χ2v) is 5.52. The molecule has 0 heterocycles. The quantitative estimate of drug-likeness (QED) is 0.886. The first-order valence-corrected chi connectivity index (χ1v) is 6.94. The van der Waals surface area contributed by atoms with Crippen LogP contribution in [0, 0.1) is 5.92 Å². The SMILES string of the molecule is CC(C)Cc1ccc(C(C(=O)O)c2ccccc2)cc1. The van der Waals surface area contributed by atoms with Crippen molar-refractivity contribution in [2.75, 3.05) is 0 Å². The number of hydrogen-bond donors (Lipinski definition) is 1. The summed E-state index contributed by atoms with van der Waals surface area (Å²) in [6.07, 6.45) is 1.02. The van der Waals surface area contributed by atoms with Gasteiger partial charge in [0, 0.05) is 0 Å². The maximum Gasteiger partial charge on any atom is 0.315 e. The summed E-state index contributed by atoms with van der Waals surface area (Å²) in [7, 11) is 0. The van der Waals surface area contributed by atoms with Gasteiger partial charge >= 0.3 is 5.97 Å². The van der Waals surface area contributed by atoms with Gasteiger partial charge in [0.25, 0.3) is 0 Å². The highest BCUT2D eigenvalue weighted by molar-refractivity contribution is 5.80. The summed E-state index contributed by atoms with van der Waals surface area (Å²) >= 11 is 0. The molecule has 0 aromatic heterocycles. The van der Waals surface area contributed by atoms with Crippen molar-refractivity contribution in [3.05, 3.63) is 71.3 Å². The van der Waals surface area contributed by atoms with Crippen molar-refractivity contribution in [3.8, 4) is 0 Å². The van der Waals surface area contributed by atoms with Gasteiger partial charge in [-0.05, 0) is 29.0 Å². The summed E-state index contributed by atoms with van der Waals surface area (Å²) in [5.41, 5.74) is 2.90. The first-order valence-electron chi connectivity index (χ1n) is 6.94. The first-order chi connectivity index (χ1) is 9.58. The lowest BCUT2D eigenvalue weighted by Gasteiger charge is -2.14. The predicted octanol–water partition coefficient (Wildman–Crippen LogP) is 4.10. The Labute approximate surface area is 120 Å². The summed E-state index contributed by atoms with van der Waals surface area (Å²) in [5, 5.41) is 9.49. The largest absolute Gasteiger partial charge is 0.481 e. The van der Waals surface area contributed by atoms with Gasteiger partial charge in [0.15, 0.2) is 0 Å². The minimum Gasteiger partial charge on any atom is -0.481 e. The van der Waals surface area contributed by atoms with E-state index in [2.05, 4.69) is 13.8 Å². The van der Waals surface area contributed by atoms with Crippen molar-refractivity contribution < 1.29 is 9.90 Å². The van der Waals surface area contributed by atoms with Crippen LogP contribution in [0.15, 0.2) is 54.6 Å². The summed E-state index contributed by atoms with van der Waals surface area (Å²) in [5.74, 6) is -0.803. The van der Waals surface area contributed by atoms with Crippen LogP contribution in [0.4, 0.5) is 0 Å². The van der Waals surface area contributed by atoms with E-state index in [4.69, 9.17) is 0 Å². The van der Waals surface area contributed by atoms with Gasteiger partial charge in [-0.3, -0.25) is 4.79 Å². The Morgan fingerprint density at radius 1 is 0.950 bits per heavy atom. The van der Waals surface area contributed by atoms with Gasteiger partial charge in [0.2, 0.25) is 0 Å². The molecule has 0 aliphatic heterocycles. The topological polar surface area (TPSA) is 37.3 Å². The molecule has 2 aromatic rings. The zero-order chi connectivity index (χ0) is 14.5. The third-order valence-corrected chi connectivity index (χ3v) is 3.34. The van der Waals surface area contributed by atoms with Crippen LogP contribution in [0.3, 0.4) is 0 Å². The Bertz CT molecular complexity index is 556. The molecule has 0 fully saturated rings. The summed E-state index contributed by atoms with van der Waals surface area (Å²) < 4.78 is 0. The molecule has 104 valence electrons. The van der Waals surface area contributed by atoms with Gasteiger partial charge in [-0.25, -0.2) is 0 Å². The minimum absolute atomic E-state index is 0.593. The normalized spacial score (nSPS) is 12.3. The Morgan fingerprint density at radius 3 is 2.00 bits per heavy atom. The van der Waals surface area contributed by atoms with Crippen molar-refractivity contribution in [1.29, 1.82) is 0 Å². The van der Waals surface area contributed by atoms with Crippen LogP contribution in [0.1, 0.15) is 36.5 Å². The molecule has 20 heavy (non-hydrogen) atoms. The number of carboxylic acid groups (broad SMARTS) is 1. The molecule has 2 nitrogen and oxygen atoms in total. The molecule has 0 saturated carbocycles. The number of carboxylic acids is 1. The fourth-order valence-electron chi connectivity index (χ4n) is 2.44. The van der Waals surface area contributed by atoms with Gasteiger partial charge in [0.1, 0.15) is 5.92 Å².